The van der Waals surface area contributed by atoms with Gasteiger partial charge in [-0.25, -0.2) is 19.9 Å². The summed E-state index contributed by atoms with van der Waals surface area (Å²) in [6.45, 7) is 7.41. The van der Waals surface area contributed by atoms with Crippen molar-refractivity contribution in [3.8, 4) is 17.3 Å². The Hall–Kier alpha value is -3.14. The van der Waals surface area contributed by atoms with E-state index in [1.54, 1.807) is 12.4 Å². The first-order valence-corrected chi connectivity index (χ1v) is 10.3. The van der Waals surface area contributed by atoms with Crippen molar-refractivity contribution in [3.05, 3.63) is 24.5 Å². The Bertz CT molecular complexity index is 1080. The Morgan fingerprint density at radius 2 is 2.03 bits per heavy atom. The highest BCUT2D eigenvalue weighted by molar-refractivity contribution is 5.81. The third kappa shape index (κ3) is 3.26. The van der Waals surface area contributed by atoms with E-state index in [1.165, 1.54) is 6.33 Å². The van der Waals surface area contributed by atoms with Crippen molar-refractivity contribution < 1.29 is 9.53 Å². The molecule has 30 heavy (non-hydrogen) atoms. The lowest BCUT2D eigenvalue weighted by atomic mass is 10.0. The molecule has 156 valence electrons. The van der Waals surface area contributed by atoms with Crippen molar-refractivity contribution in [2.24, 2.45) is 5.92 Å². The minimum Gasteiger partial charge on any atom is -0.471 e. The van der Waals surface area contributed by atoms with Crippen LogP contribution in [0.1, 0.15) is 19.2 Å². The average molecular weight is 408 g/mol. The van der Waals surface area contributed by atoms with E-state index in [9.17, 15) is 4.79 Å². The number of fused-ring (bicyclic) bond motifs is 1. The Labute approximate surface area is 173 Å². The number of hydrogen-bond donors (Lipinski definition) is 1. The number of ether oxygens (including phenoxy) is 1. The topological polar surface area (TPSA) is 111 Å². The smallest absolute Gasteiger partial charge is 0.245 e. The molecule has 1 amide bonds. The summed E-state index contributed by atoms with van der Waals surface area (Å²) in [6, 6.07) is 0. The molecule has 0 spiro atoms. The number of carbonyl (C=O) groups is 1. The molecular formula is C20H24N8O2. The summed E-state index contributed by atoms with van der Waals surface area (Å²) >= 11 is 0. The molecule has 0 aliphatic carbocycles. The second-order valence-corrected chi connectivity index (χ2v) is 7.72. The molecule has 10 nitrogen and oxygen atoms in total. The summed E-state index contributed by atoms with van der Waals surface area (Å²) in [5.41, 5.74) is 2.14. The predicted molar refractivity (Wildman–Crippen MR) is 109 cm³/mol. The van der Waals surface area contributed by atoms with Crippen molar-refractivity contribution in [3.63, 3.8) is 0 Å². The van der Waals surface area contributed by atoms with Gasteiger partial charge in [0.05, 0.1) is 18.0 Å². The monoisotopic (exact) mass is 408 g/mol. The van der Waals surface area contributed by atoms with E-state index in [-0.39, 0.29) is 17.9 Å². The number of likely N-dealkylation sites (tertiary alicyclic amines) is 1. The molecule has 2 saturated heterocycles. The fourth-order valence-electron chi connectivity index (χ4n) is 3.93. The molecule has 5 heterocycles. The maximum Gasteiger partial charge on any atom is 0.245 e. The Kier molecular flexibility index (Phi) is 4.78. The second kappa shape index (κ2) is 7.60. The zero-order valence-corrected chi connectivity index (χ0v) is 17.1. The van der Waals surface area contributed by atoms with Crippen molar-refractivity contribution in [2.75, 3.05) is 26.2 Å². The van der Waals surface area contributed by atoms with E-state index in [1.807, 2.05) is 23.3 Å². The second-order valence-electron chi connectivity index (χ2n) is 7.72. The molecule has 0 radical (unpaired) electrons. The first-order valence-electron chi connectivity index (χ1n) is 10.3. The summed E-state index contributed by atoms with van der Waals surface area (Å²) in [4.78, 5) is 36.5. The standard InChI is InChI=1S/C20H24N8O2/c1-3-28-17(13-8-22-12(2)23-9-13)26-16-18(28)24-11-25-19(16)30-15-4-5-27(10-15)20(29)14-6-21-7-14/h8-9,11,14-15,21H,3-7,10H2,1-2H3. The zero-order valence-electron chi connectivity index (χ0n) is 17.1. The maximum absolute atomic E-state index is 12.5. The predicted octanol–water partition coefficient (Wildman–Crippen LogP) is 0.811. The lowest BCUT2D eigenvalue weighted by molar-refractivity contribution is -0.136. The van der Waals surface area contributed by atoms with Crippen LogP contribution in [0.5, 0.6) is 5.88 Å². The van der Waals surface area contributed by atoms with Crippen LogP contribution in [0.15, 0.2) is 18.7 Å². The van der Waals surface area contributed by atoms with Gasteiger partial charge in [0.2, 0.25) is 11.8 Å². The van der Waals surface area contributed by atoms with Gasteiger partial charge in [-0.05, 0) is 13.8 Å². The van der Waals surface area contributed by atoms with E-state index in [2.05, 4.69) is 25.3 Å². The van der Waals surface area contributed by atoms with E-state index < -0.39 is 0 Å². The zero-order chi connectivity index (χ0) is 20.7. The number of rotatable bonds is 5. The van der Waals surface area contributed by atoms with Gasteiger partial charge in [0, 0.05) is 45.0 Å². The van der Waals surface area contributed by atoms with Crippen LogP contribution in [-0.2, 0) is 11.3 Å². The number of nitrogens with zero attached hydrogens (tertiary/aromatic N) is 7. The molecule has 0 bridgehead atoms. The Morgan fingerprint density at radius 3 is 2.73 bits per heavy atom. The number of aryl methyl sites for hydroxylation is 2. The van der Waals surface area contributed by atoms with Crippen molar-refractivity contribution in [1.29, 1.82) is 0 Å². The highest BCUT2D eigenvalue weighted by Gasteiger charge is 2.35. The summed E-state index contributed by atoms with van der Waals surface area (Å²) in [5.74, 6) is 2.21. The Morgan fingerprint density at radius 1 is 1.23 bits per heavy atom. The number of hydrogen-bond acceptors (Lipinski definition) is 8. The van der Waals surface area contributed by atoms with Gasteiger partial charge in [0.1, 0.15) is 24.1 Å². The molecule has 2 fully saturated rings. The number of aromatic nitrogens is 6. The molecule has 3 aromatic heterocycles. The molecule has 10 heteroatoms. The minimum atomic E-state index is -0.0991. The Balaban J connectivity index is 1.41. The van der Waals surface area contributed by atoms with Crippen molar-refractivity contribution in [1.82, 2.24) is 39.7 Å². The molecule has 3 aromatic rings. The SMILES string of the molecule is CCn1c(-c2cnc(C)nc2)nc2c(OC3CCN(C(=O)C4CNC4)C3)ncnc21. The minimum absolute atomic E-state index is 0.0991. The van der Waals surface area contributed by atoms with Crippen LogP contribution in [0.25, 0.3) is 22.6 Å². The summed E-state index contributed by atoms with van der Waals surface area (Å²) in [5, 5.41) is 3.15. The average Bonchev–Trinajstić information content (AvgIpc) is 3.32. The number of imidazole rings is 1. The van der Waals surface area contributed by atoms with Crippen LogP contribution in [0.4, 0.5) is 0 Å². The molecule has 5 rings (SSSR count). The van der Waals surface area contributed by atoms with Gasteiger partial charge in [0.15, 0.2) is 11.2 Å². The van der Waals surface area contributed by atoms with E-state index in [0.29, 0.717) is 42.5 Å². The van der Waals surface area contributed by atoms with Crippen molar-refractivity contribution >= 4 is 17.1 Å². The normalized spacial score (nSPS) is 19.3. The van der Waals surface area contributed by atoms with Crippen LogP contribution in [0.2, 0.25) is 0 Å². The van der Waals surface area contributed by atoms with Crippen LogP contribution in [0.3, 0.4) is 0 Å². The van der Waals surface area contributed by atoms with Crippen LogP contribution < -0.4 is 10.1 Å². The molecule has 1 unspecified atom stereocenters. The quantitative estimate of drug-likeness (QED) is 0.660. The molecular weight excluding hydrogens is 384 g/mol. The van der Waals surface area contributed by atoms with E-state index in [0.717, 1.165) is 30.9 Å². The fourth-order valence-corrected chi connectivity index (χ4v) is 3.93. The molecule has 0 saturated carbocycles. The van der Waals surface area contributed by atoms with Gasteiger partial charge in [-0.2, -0.15) is 4.98 Å². The van der Waals surface area contributed by atoms with Gasteiger partial charge in [0.25, 0.3) is 0 Å². The van der Waals surface area contributed by atoms with Gasteiger partial charge in [-0.3, -0.25) is 4.79 Å². The molecule has 0 aromatic carbocycles. The first kappa shape index (κ1) is 18.9. The fraction of sp³-hybridized carbons (Fsp3) is 0.500. The lowest BCUT2D eigenvalue weighted by Crippen LogP contribution is -2.51. The number of nitrogens with one attached hydrogen (secondary N) is 1. The third-order valence-corrected chi connectivity index (χ3v) is 5.72. The van der Waals surface area contributed by atoms with Crippen LogP contribution in [0, 0.1) is 12.8 Å². The van der Waals surface area contributed by atoms with E-state index in [4.69, 9.17) is 9.72 Å². The van der Waals surface area contributed by atoms with Gasteiger partial charge in [-0.1, -0.05) is 0 Å². The van der Waals surface area contributed by atoms with Gasteiger partial charge < -0.3 is 19.5 Å². The first-order chi connectivity index (χ1) is 14.6. The van der Waals surface area contributed by atoms with Crippen molar-refractivity contribution in [2.45, 2.75) is 32.9 Å². The maximum atomic E-state index is 12.5. The summed E-state index contributed by atoms with van der Waals surface area (Å²) in [6.07, 6.45) is 5.71. The molecule has 2 aliphatic heterocycles. The highest BCUT2D eigenvalue weighted by Crippen LogP contribution is 2.29. The van der Waals surface area contributed by atoms with Crippen LogP contribution in [-0.4, -0.2) is 72.6 Å². The van der Waals surface area contributed by atoms with Gasteiger partial charge >= 0.3 is 0 Å². The lowest BCUT2D eigenvalue weighted by Gasteiger charge is -2.30. The summed E-state index contributed by atoms with van der Waals surface area (Å²) in [7, 11) is 0. The molecule has 1 N–H and O–H groups in total. The number of carbonyl (C=O) groups excluding carboxylic acids is 1. The molecule has 1 atom stereocenters. The van der Waals surface area contributed by atoms with Crippen LogP contribution >= 0.6 is 0 Å². The third-order valence-electron chi connectivity index (χ3n) is 5.72. The highest BCUT2D eigenvalue weighted by atomic mass is 16.5. The molecule has 2 aliphatic rings. The van der Waals surface area contributed by atoms with Gasteiger partial charge in [-0.15, -0.1) is 0 Å². The number of amides is 1. The van der Waals surface area contributed by atoms with E-state index >= 15 is 0 Å². The summed E-state index contributed by atoms with van der Waals surface area (Å²) < 4.78 is 8.21. The largest absolute Gasteiger partial charge is 0.471 e.